The number of halogens is 2. The maximum Gasteiger partial charge on any atom is 0.339 e. The molecule has 0 aliphatic carbocycles. The number of nitrogens with one attached hydrogen (secondary N) is 1. The molecule has 0 radical (unpaired) electrons. The first-order chi connectivity index (χ1) is 19.0. The Hall–Kier alpha value is -3.87. The van der Waals surface area contributed by atoms with Crippen LogP contribution in [0.3, 0.4) is 0 Å². The van der Waals surface area contributed by atoms with E-state index in [1.54, 1.807) is 6.92 Å². The van der Waals surface area contributed by atoms with E-state index in [2.05, 4.69) is 5.32 Å². The van der Waals surface area contributed by atoms with E-state index in [9.17, 15) is 27.2 Å². The average Bonchev–Trinajstić information content (AvgIpc) is 3.14. The van der Waals surface area contributed by atoms with Crippen molar-refractivity contribution in [3.05, 3.63) is 87.5 Å². The van der Waals surface area contributed by atoms with Crippen LogP contribution in [0.15, 0.2) is 70.5 Å². The predicted molar refractivity (Wildman–Crippen MR) is 149 cm³/mol. The van der Waals surface area contributed by atoms with Crippen LogP contribution in [0.5, 0.6) is 11.5 Å². The lowest BCUT2D eigenvalue weighted by Crippen LogP contribution is -2.27. The number of nitrogens with zero attached hydrogens (tertiary/aromatic N) is 1. The molecule has 0 saturated carbocycles. The number of amides is 3. The summed E-state index contributed by atoms with van der Waals surface area (Å²) in [5, 5.41) is 1.94. The van der Waals surface area contributed by atoms with E-state index in [1.165, 1.54) is 73.7 Å². The Kier molecular flexibility index (Phi) is 8.82. The minimum absolute atomic E-state index is 0.00484. The second kappa shape index (κ2) is 12.1. The van der Waals surface area contributed by atoms with Crippen LogP contribution < -0.4 is 14.2 Å². The number of imide groups is 1. The van der Waals surface area contributed by atoms with Crippen LogP contribution in [0, 0.1) is 5.82 Å². The highest BCUT2D eigenvalue weighted by molar-refractivity contribution is 8.18. The smallest absolute Gasteiger partial charge is 0.339 e. The largest absolute Gasteiger partial charge is 0.490 e. The quantitative estimate of drug-likeness (QED) is 0.239. The molecule has 40 heavy (non-hydrogen) atoms. The second-order valence-electron chi connectivity index (χ2n) is 8.40. The molecule has 1 N–H and O–H groups in total. The van der Waals surface area contributed by atoms with Crippen molar-refractivity contribution in [3.8, 4) is 11.5 Å². The van der Waals surface area contributed by atoms with E-state index in [1.807, 2.05) is 0 Å². The van der Waals surface area contributed by atoms with E-state index in [0.29, 0.717) is 16.8 Å². The van der Waals surface area contributed by atoms with Crippen LogP contribution in [-0.2, 0) is 26.3 Å². The molecule has 0 bridgehead atoms. The summed E-state index contributed by atoms with van der Waals surface area (Å²) in [7, 11) is -4.34. The SMILES string of the molecule is CCOc1cc(/C=C2\SC(=O)N(Cc3ccc(F)cc3)C2=O)cc(Cl)c1OS(=O)(=O)c1ccc(NC(C)=O)cc1. The molecule has 1 saturated heterocycles. The highest BCUT2D eigenvalue weighted by atomic mass is 35.5. The van der Waals surface area contributed by atoms with Crippen molar-refractivity contribution < 1.29 is 36.1 Å². The molecule has 0 spiro atoms. The average molecular weight is 605 g/mol. The number of carbonyl (C=O) groups excluding carboxylic acids is 3. The molecule has 1 heterocycles. The summed E-state index contributed by atoms with van der Waals surface area (Å²) in [6.45, 7) is 3.13. The molecule has 9 nitrogen and oxygen atoms in total. The van der Waals surface area contributed by atoms with E-state index in [-0.39, 0.29) is 45.4 Å². The van der Waals surface area contributed by atoms with Crippen molar-refractivity contribution in [2.75, 3.05) is 11.9 Å². The Balaban J connectivity index is 1.58. The Morgan fingerprint density at radius 2 is 1.77 bits per heavy atom. The number of benzene rings is 3. The van der Waals surface area contributed by atoms with Crippen LogP contribution >= 0.6 is 23.4 Å². The van der Waals surface area contributed by atoms with Crippen LogP contribution in [0.25, 0.3) is 6.08 Å². The number of anilines is 1. The van der Waals surface area contributed by atoms with Gasteiger partial charge in [-0.25, -0.2) is 4.39 Å². The number of ether oxygens (including phenoxy) is 1. The van der Waals surface area contributed by atoms with Gasteiger partial charge in [0.15, 0.2) is 5.75 Å². The van der Waals surface area contributed by atoms with Crippen molar-refractivity contribution in [2.24, 2.45) is 0 Å². The third-order valence-corrected chi connectivity index (χ3v) is 7.84. The second-order valence-corrected chi connectivity index (χ2v) is 11.3. The van der Waals surface area contributed by atoms with Gasteiger partial charge < -0.3 is 14.2 Å². The Labute approximate surface area is 239 Å². The number of rotatable bonds is 9. The highest BCUT2D eigenvalue weighted by Crippen LogP contribution is 2.40. The number of hydrogen-bond acceptors (Lipinski definition) is 8. The number of hydrogen-bond donors (Lipinski definition) is 1. The lowest BCUT2D eigenvalue weighted by atomic mass is 10.1. The van der Waals surface area contributed by atoms with Crippen LogP contribution in [0.2, 0.25) is 5.02 Å². The first-order valence-electron chi connectivity index (χ1n) is 11.7. The van der Waals surface area contributed by atoms with E-state index in [0.717, 1.165) is 16.7 Å². The van der Waals surface area contributed by atoms with E-state index >= 15 is 0 Å². The van der Waals surface area contributed by atoms with Gasteiger partial charge in [-0.3, -0.25) is 19.3 Å². The minimum atomic E-state index is -4.34. The molecule has 3 aromatic carbocycles. The maximum atomic E-state index is 13.2. The summed E-state index contributed by atoms with van der Waals surface area (Å²) < 4.78 is 50.0. The summed E-state index contributed by atoms with van der Waals surface area (Å²) in [6.07, 6.45) is 1.43. The molecule has 13 heteroatoms. The van der Waals surface area contributed by atoms with Gasteiger partial charge in [0.25, 0.3) is 11.1 Å². The molecule has 208 valence electrons. The van der Waals surface area contributed by atoms with Gasteiger partial charge >= 0.3 is 10.1 Å². The molecule has 0 aromatic heterocycles. The summed E-state index contributed by atoms with van der Waals surface area (Å²) in [5.74, 6) is -1.53. The molecule has 0 unspecified atom stereocenters. The van der Waals surface area contributed by atoms with Gasteiger partial charge in [0.1, 0.15) is 10.7 Å². The topological polar surface area (TPSA) is 119 Å². The van der Waals surface area contributed by atoms with Crippen molar-refractivity contribution in [3.63, 3.8) is 0 Å². The molecular weight excluding hydrogens is 583 g/mol. The van der Waals surface area contributed by atoms with Crippen molar-refractivity contribution in [1.82, 2.24) is 4.90 Å². The summed E-state index contributed by atoms with van der Waals surface area (Å²) >= 11 is 7.13. The molecule has 4 rings (SSSR count). The zero-order valence-electron chi connectivity index (χ0n) is 21.1. The predicted octanol–water partition coefficient (Wildman–Crippen LogP) is 5.84. The van der Waals surface area contributed by atoms with Crippen molar-refractivity contribution >= 4 is 62.3 Å². The third kappa shape index (κ3) is 6.82. The lowest BCUT2D eigenvalue weighted by molar-refractivity contribution is -0.123. The molecule has 1 aliphatic heterocycles. The van der Waals surface area contributed by atoms with Crippen LogP contribution in [-0.4, -0.2) is 37.0 Å². The molecular formula is C27H22ClFN2O7S2. The molecule has 0 atom stereocenters. The zero-order valence-corrected chi connectivity index (χ0v) is 23.5. The first kappa shape index (κ1) is 29.1. The van der Waals surface area contributed by atoms with Crippen molar-refractivity contribution in [1.29, 1.82) is 0 Å². The van der Waals surface area contributed by atoms with E-state index in [4.69, 9.17) is 20.5 Å². The normalized spacial score (nSPS) is 14.5. The van der Waals surface area contributed by atoms with Gasteiger partial charge in [0.05, 0.1) is 23.1 Å². The lowest BCUT2D eigenvalue weighted by Gasteiger charge is -2.15. The molecule has 1 fully saturated rings. The fraction of sp³-hybridized carbons (Fsp3) is 0.148. The summed E-state index contributed by atoms with van der Waals surface area (Å²) in [5.41, 5.74) is 1.36. The van der Waals surface area contributed by atoms with Crippen LogP contribution in [0.1, 0.15) is 25.0 Å². The monoisotopic (exact) mass is 604 g/mol. The van der Waals surface area contributed by atoms with Crippen LogP contribution in [0.4, 0.5) is 14.9 Å². The van der Waals surface area contributed by atoms with Gasteiger partial charge in [0, 0.05) is 12.6 Å². The van der Waals surface area contributed by atoms with E-state index < -0.39 is 27.1 Å². The fourth-order valence-corrected chi connectivity index (χ4v) is 5.74. The van der Waals surface area contributed by atoms with Gasteiger partial charge in [-0.15, -0.1) is 0 Å². The molecule has 3 aromatic rings. The van der Waals surface area contributed by atoms with Gasteiger partial charge in [-0.05, 0) is 84.4 Å². The summed E-state index contributed by atoms with van der Waals surface area (Å²) in [4.78, 5) is 37.6. The molecule has 3 amide bonds. The number of thioether (sulfide) groups is 1. The Bertz CT molecular complexity index is 1610. The molecule has 1 aliphatic rings. The zero-order chi connectivity index (χ0) is 29.0. The Morgan fingerprint density at radius 3 is 2.40 bits per heavy atom. The standard InChI is InChI=1S/C27H22ClFN2O7S2/c1-3-37-23-13-18(14-24-26(33)31(27(34)39-24)15-17-4-6-19(29)7-5-17)12-22(28)25(23)38-40(35,36)21-10-8-20(9-11-21)30-16(2)32/h4-14H,3,15H2,1-2H3,(H,30,32)/b24-14-. The van der Waals surface area contributed by atoms with Gasteiger partial charge in [0.2, 0.25) is 11.7 Å². The highest BCUT2D eigenvalue weighted by Gasteiger charge is 2.35. The van der Waals surface area contributed by atoms with Gasteiger partial charge in [-0.1, -0.05) is 23.7 Å². The van der Waals surface area contributed by atoms with Crippen molar-refractivity contribution in [2.45, 2.75) is 25.3 Å². The fourth-order valence-electron chi connectivity index (χ4n) is 3.64. The third-order valence-electron chi connectivity index (χ3n) is 5.41. The minimum Gasteiger partial charge on any atom is -0.490 e. The van der Waals surface area contributed by atoms with Gasteiger partial charge in [-0.2, -0.15) is 8.42 Å². The number of carbonyl (C=O) groups is 3. The first-order valence-corrected chi connectivity index (χ1v) is 14.4. The maximum absolute atomic E-state index is 13.2. The Morgan fingerprint density at radius 1 is 1.10 bits per heavy atom. The summed E-state index contributed by atoms with van der Waals surface area (Å²) in [6, 6.07) is 13.6.